The van der Waals surface area contributed by atoms with E-state index in [1.165, 1.54) is 0 Å². The molecule has 1 aliphatic rings. The molecule has 0 aromatic heterocycles. The maximum atomic E-state index is 11.3. The quantitative estimate of drug-likeness (QED) is 0.757. The van der Waals surface area contributed by atoms with Gasteiger partial charge in [-0.2, -0.15) is 0 Å². The van der Waals surface area contributed by atoms with Crippen molar-refractivity contribution in [1.82, 2.24) is 5.32 Å². The summed E-state index contributed by atoms with van der Waals surface area (Å²) in [5.74, 6) is 1.03. The van der Waals surface area contributed by atoms with E-state index in [9.17, 15) is 8.42 Å². The standard InChI is InChI=1S/C11H23NO3S/c1-3-16(13,14)8-4-5-10-9-15-7-6-11(10)12-2/h10-12H,3-9H2,1-2H3. The van der Waals surface area contributed by atoms with Gasteiger partial charge in [0.15, 0.2) is 0 Å². The van der Waals surface area contributed by atoms with Crippen LogP contribution in [-0.4, -0.2) is 46.2 Å². The lowest BCUT2D eigenvalue weighted by atomic mass is 9.92. The van der Waals surface area contributed by atoms with Gasteiger partial charge in [-0.05, 0) is 32.2 Å². The van der Waals surface area contributed by atoms with Crippen LogP contribution in [0.4, 0.5) is 0 Å². The van der Waals surface area contributed by atoms with E-state index in [0.29, 0.717) is 17.7 Å². The zero-order valence-corrected chi connectivity index (χ0v) is 11.1. The van der Waals surface area contributed by atoms with Crippen molar-refractivity contribution in [3.05, 3.63) is 0 Å². The summed E-state index contributed by atoms with van der Waals surface area (Å²) >= 11 is 0. The fraction of sp³-hybridized carbons (Fsp3) is 1.00. The second-order valence-corrected chi connectivity index (χ2v) is 6.87. The summed E-state index contributed by atoms with van der Waals surface area (Å²) in [7, 11) is -0.842. The lowest BCUT2D eigenvalue weighted by molar-refractivity contribution is 0.0306. The molecule has 4 nitrogen and oxygen atoms in total. The van der Waals surface area contributed by atoms with E-state index in [1.54, 1.807) is 6.92 Å². The molecule has 0 aromatic carbocycles. The Morgan fingerprint density at radius 1 is 1.44 bits per heavy atom. The van der Waals surface area contributed by atoms with Crippen molar-refractivity contribution in [3.8, 4) is 0 Å². The third-order valence-corrected chi connectivity index (χ3v) is 5.11. The van der Waals surface area contributed by atoms with Gasteiger partial charge in [-0.3, -0.25) is 0 Å². The zero-order chi connectivity index (χ0) is 12.0. The number of sulfone groups is 1. The van der Waals surface area contributed by atoms with Crippen LogP contribution in [0.15, 0.2) is 0 Å². The SMILES string of the molecule is CCS(=O)(=O)CCCC1COCCC1NC. The molecule has 96 valence electrons. The average Bonchev–Trinajstić information content (AvgIpc) is 2.29. The van der Waals surface area contributed by atoms with Gasteiger partial charge in [-0.15, -0.1) is 0 Å². The Hall–Kier alpha value is -0.130. The van der Waals surface area contributed by atoms with Gasteiger partial charge in [0.1, 0.15) is 9.84 Å². The van der Waals surface area contributed by atoms with Crippen molar-refractivity contribution in [1.29, 1.82) is 0 Å². The molecule has 1 N–H and O–H groups in total. The van der Waals surface area contributed by atoms with E-state index in [2.05, 4.69) is 5.32 Å². The summed E-state index contributed by atoms with van der Waals surface area (Å²) in [6, 6.07) is 0.484. The van der Waals surface area contributed by atoms with E-state index in [0.717, 1.165) is 32.5 Å². The molecule has 5 heteroatoms. The van der Waals surface area contributed by atoms with Gasteiger partial charge in [0, 0.05) is 18.4 Å². The molecule has 0 aromatic rings. The van der Waals surface area contributed by atoms with Crippen LogP contribution in [0.3, 0.4) is 0 Å². The molecule has 0 radical (unpaired) electrons. The van der Waals surface area contributed by atoms with Gasteiger partial charge in [-0.25, -0.2) is 8.42 Å². The number of hydrogen-bond acceptors (Lipinski definition) is 4. The minimum atomic E-state index is -2.81. The maximum absolute atomic E-state index is 11.3. The minimum absolute atomic E-state index is 0.254. The van der Waals surface area contributed by atoms with Crippen LogP contribution in [-0.2, 0) is 14.6 Å². The van der Waals surface area contributed by atoms with Crippen molar-refractivity contribution in [3.63, 3.8) is 0 Å². The highest BCUT2D eigenvalue weighted by Gasteiger charge is 2.24. The van der Waals surface area contributed by atoms with Crippen LogP contribution in [0.25, 0.3) is 0 Å². The Morgan fingerprint density at radius 3 is 2.81 bits per heavy atom. The van der Waals surface area contributed by atoms with E-state index in [4.69, 9.17) is 4.74 Å². The Balaban J connectivity index is 2.30. The molecule has 1 aliphatic heterocycles. The lowest BCUT2D eigenvalue weighted by Crippen LogP contribution is -2.41. The number of nitrogens with one attached hydrogen (secondary N) is 1. The smallest absolute Gasteiger partial charge is 0.150 e. The minimum Gasteiger partial charge on any atom is -0.381 e. The summed E-state index contributed by atoms with van der Waals surface area (Å²) in [5, 5.41) is 3.29. The van der Waals surface area contributed by atoms with Crippen molar-refractivity contribution in [2.75, 3.05) is 31.8 Å². The summed E-state index contributed by atoms with van der Waals surface area (Å²) in [5.41, 5.74) is 0. The molecule has 1 rings (SSSR count). The number of ether oxygens (including phenoxy) is 1. The van der Waals surface area contributed by atoms with E-state index < -0.39 is 9.84 Å². The first kappa shape index (κ1) is 13.9. The van der Waals surface area contributed by atoms with E-state index >= 15 is 0 Å². The predicted molar refractivity (Wildman–Crippen MR) is 65.3 cm³/mol. The van der Waals surface area contributed by atoms with Gasteiger partial charge < -0.3 is 10.1 Å². The van der Waals surface area contributed by atoms with E-state index in [-0.39, 0.29) is 5.75 Å². The summed E-state index contributed by atoms with van der Waals surface area (Å²) < 4.78 is 28.1. The molecular weight excluding hydrogens is 226 g/mol. The normalized spacial score (nSPS) is 26.9. The molecule has 1 saturated heterocycles. The molecule has 1 heterocycles. The van der Waals surface area contributed by atoms with Crippen molar-refractivity contribution < 1.29 is 13.2 Å². The van der Waals surface area contributed by atoms with Crippen molar-refractivity contribution in [2.24, 2.45) is 5.92 Å². The molecule has 0 saturated carbocycles. The van der Waals surface area contributed by atoms with Crippen molar-refractivity contribution >= 4 is 9.84 Å². The maximum Gasteiger partial charge on any atom is 0.150 e. The summed E-state index contributed by atoms with van der Waals surface area (Å²) in [6.45, 7) is 3.28. The van der Waals surface area contributed by atoms with Gasteiger partial charge in [0.2, 0.25) is 0 Å². The molecular formula is C11H23NO3S. The average molecular weight is 249 g/mol. The largest absolute Gasteiger partial charge is 0.381 e. The zero-order valence-electron chi connectivity index (χ0n) is 10.2. The monoisotopic (exact) mass is 249 g/mol. The Bertz CT molecular complexity index is 290. The number of hydrogen-bond donors (Lipinski definition) is 1. The highest BCUT2D eigenvalue weighted by atomic mass is 32.2. The first-order valence-corrected chi connectivity index (χ1v) is 7.86. The van der Waals surface area contributed by atoms with Crippen LogP contribution < -0.4 is 5.32 Å². The molecule has 0 amide bonds. The van der Waals surface area contributed by atoms with Crippen LogP contribution in [0.1, 0.15) is 26.2 Å². The first-order chi connectivity index (χ1) is 7.59. The van der Waals surface area contributed by atoms with Gasteiger partial charge in [0.25, 0.3) is 0 Å². The second-order valence-electron chi connectivity index (χ2n) is 4.40. The molecule has 0 bridgehead atoms. The molecule has 2 unspecified atom stereocenters. The lowest BCUT2D eigenvalue weighted by Gasteiger charge is -2.31. The Labute approximate surface area is 98.7 Å². The molecule has 0 spiro atoms. The van der Waals surface area contributed by atoms with Gasteiger partial charge >= 0.3 is 0 Å². The van der Waals surface area contributed by atoms with Crippen LogP contribution in [0.5, 0.6) is 0 Å². The van der Waals surface area contributed by atoms with Gasteiger partial charge in [0.05, 0.1) is 12.4 Å². The molecule has 16 heavy (non-hydrogen) atoms. The van der Waals surface area contributed by atoms with Gasteiger partial charge in [-0.1, -0.05) is 6.92 Å². The Kier molecular flexibility index (Phi) is 5.72. The highest BCUT2D eigenvalue weighted by Crippen LogP contribution is 2.19. The van der Waals surface area contributed by atoms with E-state index in [1.807, 2.05) is 7.05 Å². The van der Waals surface area contributed by atoms with Crippen LogP contribution >= 0.6 is 0 Å². The van der Waals surface area contributed by atoms with Crippen LogP contribution in [0.2, 0.25) is 0 Å². The third-order valence-electron chi connectivity index (χ3n) is 3.32. The topological polar surface area (TPSA) is 55.4 Å². The molecule has 1 fully saturated rings. The second kappa shape index (κ2) is 6.57. The van der Waals surface area contributed by atoms with Crippen LogP contribution in [0, 0.1) is 5.92 Å². The highest BCUT2D eigenvalue weighted by molar-refractivity contribution is 7.91. The Morgan fingerprint density at radius 2 is 2.19 bits per heavy atom. The summed E-state index contributed by atoms with van der Waals surface area (Å²) in [4.78, 5) is 0. The fourth-order valence-corrected chi connectivity index (χ4v) is 3.07. The third kappa shape index (κ3) is 4.39. The number of rotatable bonds is 6. The molecule has 2 atom stereocenters. The van der Waals surface area contributed by atoms with Crippen molar-refractivity contribution in [2.45, 2.75) is 32.2 Å². The predicted octanol–water partition coefficient (Wildman–Crippen LogP) is 0.826. The fourth-order valence-electron chi connectivity index (χ4n) is 2.17. The first-order valence-electron chi connectivity index (χ1n) is 6.04. The molecule has 0 aliphatic carbocycles. The summed E-state index contributed by atoms with van der Waals surface area (Å²) in [6.07, 6.45) is 2.72.